The highest BCUT2D eigenvalue weighted by molar-refractivity contribution is 6.31. The number of nitrogens with zero attached hydrogens (tertiary/aromatic N) is 6. The summed E-state index contributed by atoms with van der Waals surface area (Å²) in [7, 11) is 3.48. The van der Waals surface area contributed by atoms with Crippen LogP contribution in [-0.4, -0.2) is 44.0 Å². The topological polar surface area (TPSA) is 101 Å². The van der Waals surface area contributed by atoms with Gasteiger partial charge < -0.3 is 10.6 Å². The minimum absolute atomic E-state index is 0.178. The smallest absolute Gasteiger partial charge is 0.223 e. The molecule has 0 radical (unpaired) electrons. The average Bonchev–Trinajstić information content (AvgIpc) is 2.62. The molecule has 0 aliphatic rings. The van der Waals surface area contributed by atoms with E-state index < -0.39 is 0 Å². The molecule has 3 aromatic rings. The molecule has 0 aliphatic heterocycles. The molecule has 3 rings (SSSR count). The van der Waals surface area contributed by atoms with E-state index in [9.17, 15) is 0 Å². The van der Waals surface area contributed by atoms with Crippen LogP contribution >= 0.6 is 46.4 Å². The summed E-state index contributed by atoms with van der Waals surface area (Å²) in [6.07, 6.45) is 4.69. The number of nitrogens with one attached hydrogen (secondary N) is 2. The van der Waals surface area contributed by atoms with Crippen molar-refractivity contribution in [2.24, 2.45) is 0 Å². The molecular formula is C14H14Cl4N8. The van der Waals surface area contributed by atoms with Gasteiger partial charge in [-0.1, -0.05) is 34.8 Å². The van der Waals surface area contributed by atoms with E-state index in [0.29, 0.717) is 27.4 Å². The lowest BCUT2D eigenvalue weighted by molar-refractivity contribution is 1.15. The van der Waals surface area contributed by atoms with Gasteiger partial charge in [-0.15, -0.1) is 0 Å². The minimum Gasteiger partial charge on any atom is -0.357 e. The molecule has 0 saturated heterocycles. The van der Waals surface area contributed by atoms with E-state index in [-0.39, 0.29) is 5.28 Å². The van der Waals surface area contributed by atoms with Crippen molar-refractivity contribution in [1.29, 1.82) is 0 Å². The molecule has 3 heterocycles. The van der Waals surface area contributed by atoms with Crippen LogP contribution in [0.2, 0.25) is 20.7 Å². The maximum Gasteiger partial charge on any atom is 0.223 e. The quantitative estimate of drug-likeness (QED) is 0.457. The van der Waals surface area contributed by atoms with Crippen molar-refractivity contribution in [2.45, 2.75) is 0 Å². The van der Waals surface area contributed by atoms with Gasteiger partial charge in [-0.25, -0.2) is 29.9 Å². The molecule has 0 aromatic carbocycles. The summed E-state index contributed by atoms with van der Waals surface area (Å²) in [5.41, 5.74) is 0. The molecule has 0 unspecified atom stereocenters. The van der Waals surface area contributed by atoms with Gasteiger partial charge in [0.05, 0.1) is 0 Å². The SMILES string of the molecule is CNc1nccc(Cl)n1.CNc1nccc(Cl)n1.Clc1ccnc(Cl)n1. The summed E-state index contributed by atoms with van der Waals surface area (Å²) in [6, 6.07) is 4.82. The number of hydrogen-bond donors (Lipinski definition) is 2. The lowest BCUT2D eigenvalue weighted by Crippen LogP contribution is -1.94. The summed E-state index contributed by atoms with van der Waals surface area (Å²) < 4.78 is 0. The monoisotopic (exact) mass is 434 g/mol. The maximum absolute atomic E-state index is 5.53. The average molecular weight is 436 g/mol. The fourth-order valence-corrected chi connectivity index (χ4v) is 1.83. The highest BCUT2D eigenvalue weighted by Crippen LogP contribution is 2.05. The molecular weight excluding hydrogens is 422 g/mol. The predicted molar refractivity (Wildman–Crippen MR) is 105 cm³/mol. The fourth-order valence-electron chi connectivity index (χ4n) is 1.23. The van der Waals surface area contributed by atoms with Crippen LogP contribution in [0.3, 0.4) is 0 Å². The first-order valence-corrected chi connectivity index (χ1v) is 8.42. The van der Waals surface area contributed by atoms with Crippen molar-refractivity contribution < 1.29 is 0 Å². The van der Waals surface area contributed by atoms with Crippen molar-refractivity contribution in [3.63, 3.8) is 0 Å². The van der Waals surface area contributed by atoms with E-state index in [1.54, 1.807) is 44.7 Å². The number of rotatable bonds is 2. The number of aromatic nitrogens is 6. The van der Waals surface area contributed by atoms with E-state index in [1.807, 2.05) is 0 Å². The number of anilines is 2. The molecule has 0 amide bonds. The largest absolute Gasteiger partial charge is 0.357 e. The molecule has 0 fully saturated rings. The molecule has 0 spiro atoms. The second kappa shape index (κ2) is 12.4. The van der Waals surface area contributed by atoms with E-state index in [0.717, 1.165) is 0 Å². The van der Waals surface area contributed by atoms with Crippen LogP contribution in [0.15, 0.2) is 36.8 Å². The predicted octanol–water partition coefficient (Wildman–Crippen LogP) is 4.13. The van der Waals surface area contributed by atoms with Crippen molar-refractivity contribution in [3.8, 4) is 0 Å². The molecule has 0 saturated carbocycles. The van der Waals surface area contributed by atoms with Crippen molar-refractivity contribution in [1.82, 2.24) is 29.9 Å². The van der Waals surface area contributed by atoms with E-state index in [2.05, 4.69) is 40.5 Å². The highest BCUT2D eigenvalue weighted by atomic mass is 35.5. The lowest BCUT2D eigenvalue weighted by Gasteiger charge is -1.94. The van der Waals surface area contributed by atoms with Crippen molar-refractivity contribution in [2.75, 3.05) is 24.7 Å². The third kappa shape index (κ3) is 9.47. The molecule has 0 atom stereocenters. The number of halogens is 4. The van der Waals surface area contributed by atoms with Crippen LogP contribution in [-0.2, 0) is 0 Å². The zero-order chi connectivity index (χ0) is 19.4. The van der Waals surface area contributed by atoms with E-state index >= 15 is 0 Å². The van der Waals surface area contributed by atoms with Crippen LogP contribution in [0.5, 0.6) is 0 Å². The Morgan fingerprint density at radius 2 is 1.00 bits per heavy atom. The lowest BCUT2D eigenvalue weighted by atomic mass is 10.7. The van der Waals surface area contributed by atoms with Crippen LogP contribution < -0.4 is 10.6 Å². The molecule has 12 heteroatoms. The fraction of sp³-hybridized carbons (Fsp3) is 0.143. The van der Waals surface area contributed by atoms with Crippen molar-refractivity contribution in [3.05, 3.63) is 57.5 Å². The van der Waals surface area contributed by atoms with Gasteiger partial charge in [0.1, 0.15) is 15.5 Å². The zero-order valence-corrected chi connectivity index (χ0v) is 16.7. The highest BCUT2D eigenvalue weighted by Gasteiger charge is 1.91. The van der Waals surface area contributed by atoms with Gasteiger partial charge in [0.25, 0.3) is 0 Å². The van der Waals surface area contributed by atoms with Crippen LogP contribution in [0.1, 0.15) is 0 Å². The molecule has 3 aromatic heterocycles. The van der Waals surface area contributed by atoms with Gasteiger partial charge in [-0.05, 0) is 29.8 Å². The third-order valence-corrected chi connectivity index (χ3v) is 3.10. The Balaban J connectivity index is 0.000000195. The Kier molecular flexibility index (Phi) is 10.5. The zero-order valence-electron chi connectivity index (χ0n) is 13.7. The number of hydrogen-bond acceptors (Lipinski definition) is 8. The molecule has 26 heavy (non-hydrogen) atoms. The Morgan fingerprint density at radius 1 is 0.615 bits per heavy atom. The molecule has 8 nitrogen and oxygen atoms in total. The van der Waals surface area contributed by atoms with Gasteiger partial charge in [-0.2, -0.15) is 0 Å². The summed E-state index contributed by atoms with van der Waals surface area (Å²) >= 11 is 21.8. The Bertz CT molecular complexity index is 742. The van der Waals surface area contributed by atoms with Crippen LogP contribution in [0, 0.1) is 0 Å². The Labute approximate surface area is 170 Å². The Hall–Kier alpha value is -2.00. The Morgan fingerprint density at radius 3 is 1.23 bits per heavy atom. The molecule has 2 N–H and O–H groups in total. The molecule has 0 bridgehead atoms. The van der Waals surface area contributed by atoms with Gasteiger partial charge >= 0.3 is 0 Å². The maximum atomic E-state index is 5.53. The third-order valence-electron chi connectivity index (χ3n) is 2.28. The second-order valence-corrected chi connectivity index (χ2v) is 5.55. The summed E-state index contributed by atoms with van der Waals surface area (Å²) in [5.74, 6) is 1.09. The summed E-state index contributed by atoms with van der Waals surface area (Å²) in [4.78, 5) is 22.6. The normalized spacial score (nSPS) is 9.15. The summed E-state index contributed by atoms with van der Waals surface area (Å²) in [5, 5.41) is 6.97. The standard InChI is InChI=1S/2C5H6ClN3.C4H2Cl2N2/c2*1-7-5-8-3-2-4(6)9-5;5-3-1-2-7-4(6)8-3/h2*2-3H,1H3,(H,7,8,9);1-2H. The van der Waals surface area contributed by atoms with Gasteiger partial charge in [0.2, 0.25) is 17.2 Å². The minimum atomic E-state index is 0.178. The first-order valence-electron chi connectivity index (χ1n) is 6.91. The van der Waals surface area contributed by atoms with Gasteiger partial charge in [0.15, 0.2) is 0 Å². The van der Waals surface area contributed by atoms with E-state index in [1.165, 1.54) is 6.20 Å². The van der Waals surface area contributed by atoms with Crippen molar-refractivity contribution >= 4 is 58.3 Å². The summed E-state index contributed by atoms with van der Waals surface area (Å²) in [6.45, 7) is 0. The second-order valence-electron chi connectivity index (χ2n) is 4.05. The van der Waals surface area contributed by atoms with Gasteiger partial charge in [0, 0.05) is 32.7 Å². The van der Waals surface area contributed by atoms with E-state index in [4.69, 9.17) is 46.4 Å². The first-order chi connectivity index (χ1) is 12.4. The first kappa shape index (κ1) is 22.0. The molecule has 0 aliphatic carbocycles. The van der Waals surface area contributed by atoms with Crippen LogP contribution in [0.4, 0.5) is 11.9 Å². The van der Waals surface area contributed by atoms with Gasteiger partial charge in [-0.3, -0.25) is 0 Å². The molecule has 138 valence electrons. The van der Waals surface area contributed by atoms with Crippen LogP contribution in [0.25, 0.3) is 0 Å².